The van der Waals surface area contributed by atoms with Gasteiger partial charge in [-0.05, 0) is 30.3 Å². The minimum absolute atomic E-state index is 0.0119. The molecule has 0 fully saturated rings. The van der Waals surface area contributed by atoms with Gasteiger partial charge in [0.15, 0.2) is 11.6 Å². The predicted molar refractivity (Wildman–Crippen MR) is 76.6 cm³/mol. The highest BCUT2D eigenvalue weighted by atomic mass is 35.5. The first kappa shape index (κ1) is 15.3. The summed E-state index contributed by atoms with van der Waals surface area (Å²) in [6, 6.07) is 9.83. The van der Waals surface area contributed by atoms with Gasteiger partial charge in [0.1, 0.15) is 5.82 Å². The van der Waals surface area contributed by atoms with Gasteiger partial charge in [0, 0.05) is 5.02 Å². The molecule has 0 radical (unpaired) electrons. The Morgan fingerprint density at radius 1 is 1.14 bits per heavy atom. The molecular weight excluding hydrogens is 300 g/mol. The number of benzene rings is 2. The molecule has 6 heteroatoms. The van der Waals surface area contributed by atoms with Crippen LogP contribution in [-0.2, 0) is 4.79 Å². The number of carbonyl (C=O) groups is 1. The Kier molecular flexibility index (Phi) is 5.11. The molecule has 0 heterocycles. The fourth-order valence-corrected chi connectivity index (χ4v) is 1.78. The lowest BCUT2D eigenvalue weighted by molar-refractivity contribution is -0.116. The molecule has 0 saturated carbocycles. The number of hydrogen-bond donors (Lipinski definition) is 1. The second kappa shape index (κ2) is 7.04. The van der Waals surface area contributed by atoms with E-state index in [9.17, 15) is 13.6 Å². The van der Waals surface area contributed by atoms with Crippen LogP contribution < -0.4 is 10.1 Å². The zero-order chi connectivity index (χ0) is 15.2. The van der Waals surface area contributed by atoms with Crippen molar-refractivity contribution < 1.29 is 18.3 Å². The summed E-state index contributed by atoms with van der Waals surface area (Å²) in [6.07, 6.45) is -0.0313. The first-order valence-electron chi connectivity index (χ1n) is 6.18. The molecule has 3 nitrogen and oxygen atoms in total. The Morgan fingerprint density at radius 2 is 1.90 bits per heavy atom. The van der Waals surface area contributed by atoms with Gasteiger partial charge in [-0.15, -0.1) is 0 Å². The van der Waals surface area contributed by atoms with Crippen LogP contribution in [-0.4, -0.2) is 12.5 Å². The van der Waals surface area contributed by atoms with E-state index in [1.165, 1.54) is 30.3 Å². The summed E-state index contributed by atoms with van der Waals surface area (Å²) in [7, 11) is 0. The van der Waals surface area contributed by atoms with E-state index < -0.39 is 17.5 Å². The number of anilines is 1. The molecule has 0 bridgehead atoms. The molecule has 0 atom stereocenters. The Hall–Kier alpha value is -2.14. The number of nitrogens with one attached hydrogen (secondary N) is 1. The molecular formula is C15H12ClF2NO2. The van der Waals surface area contributed by atoms with E-state index in [0.29, 0.717) is 0 Å². The topological polar surface area (TPSA) is 38.3 Å². The molecule has 2 aromatic rings. The van der Waals surface area contributed by atoms with Crippen LogP contribution in [0.2, 0.25) is 5.02 Å². The van der Waals surface area contributed by atoms with Gasteiger partial charge in [-0.3, -0.25) is 4.79 Å². The highest BCUT2D eigenvalue weighted by Crippen LogP contribution is 2.19. The predicted octanol–water partition coefficient (Wildman–Crippen LogP) is 4.03. The first-order chi connectivity index (χ1) is 10.1. The summed E-state index contributed by atoms with van der Waals surface area (Å²) in [5, 5.41) is 2.64. The third kappa shape index (κ3) is 4.43. The van der Waals surface area contributed by atoms with Crippen molar-refractivity contribution in [2.75, 3.05) is 11.9 Å². The van der Waals surface area contributed by atoms with E-state index in [4.69, 9.17) is 16.3 Å². The standard InChI is InChI=1S/C15H12ClF2NO2/c16-10-5-6-13(12(18)9-10)19-15(20)7-8-21-14-4-2-1-3-11(14)17/h1-6,9H,7-8H2,(H,19,20). The van der Waals surface area contributed by atoms with Crippen molar-refractivity contribution in [1.29, 1.82) is 0 Å². The highest BCUT2D eigenvalue weighted by molar-refractivity contribution is 6.30. The van der Waals surface area contributed by atoms with Crippen LogP contribution in [0, 0.1) is 11.6 Å². The molecule has 0 aliphatic carbocycles. The summed E-state index contributed by atoms with van der Waals surface area (Å²) in [4.78, 5) is 11.6. The quantitative estimate of drug-likeness (QED) is 0.905. The second-order valence-electron chi connectivity index (χ2n) is 4.20. The lowest BCUT2D eigenvalue weighted by Crippen LogP contribution is -2.16. The molecule has 1 N–H and O–H groups in total. The lowest BCUT2D eigenvalue weighted by atomic mass is 10.3. The summed E-state index contributed by atoms with van der Waals surface area (Å²) >= 11 is 5.61. The summed E-state index contributed by atoms with van der Waals surface area (Å²) in [5.41, 5.74) is 0.0373. The average molecular weight is 312 g/mol. The Labute approximate surface area is 125 Å². The van der Waals surface area contributed by atoms with Gasteiger partial charge in [-0.2, -0.15) is 0 Å². The average Bonchev–Trinajstić information content (AvgIpc) is 2.44. The van der Waals surface area contributed by atoms with Crippen LogP contribution in [0.1, 0.15) is 6.42 Å². The third-order valence-corrected chi connectivity index (χ3v) is 2.86. The monoisotopic (exact) mass is 311 g/mol. The minimum atomic E-state index is -0.620. The summed E-state index contributed by atoms with van der Waals surface area (Å²) in [5.74, 6) is -1.48. The minimum Gasteiger partial charge on any atom is -0.490 e. The molecule has 2 rings (SSSR count). The molecule has 0 spiro atoms. The number of amides is 1. The zero-order valence-corrected chi connectivity index (χ0v) is 11.7. The van der Waals surface area contributed by atoms with E-state index in [1.807, 2.05) is 0 Å². The fourth-order valence-electron chi connectivity index (χ4n) is 1.62. The lowest BCUT2D eigenvalue weighted by Gasteiger charge is -2.08. The summed E-state index contributed by atoms with van der Waals surface area (Å²) < 4.78 is 31.9. The van der Waals surface area contributed by atoms with Crippen LogP contribution in [0.4, 0.5) is 14.5 Å². The molecule has 0 unspecified atom stereocenters. The Morgan fingerprint density at radius 3 is 2.62 bits per heavy atom. The third-order valence-electron chi connectivity index (χ3n) is 2.63. The van der Waals surface area contributed by atoms with Crippen molar-refractivity contribution in [3.05, 3.63) is 59.1 Å². The maximum Gasteiger partial charge on any atom is 0.227 e. The number of hydrogen-bond acceptors (Lipinski definition) is 2. The van der Waals surface area contributed by atoms with Gasteiger partial charge in [0.25, 0.3) is 0 Å². The van der Waals surface area contributed by atoms with Gasteiger partial charge in [-0.25, -0.2) is 8.78 Å². The SMILES string of the molecule is O=C(CCOc1ccccc1F)Nc1ccc(Cl)cc1F. The van der Waals surface area contributed by atoms with E-state index in [1.54, 1.807) is 6.07 Å². The van der Waals surface area contributed by atoms with Crippen LogP contribution in [0.5, 0.6) is 5.75 Å². The highest BCUT2D eigenvalue weighted by Gasteiger charge is 2.08. The van der Waals surface area contributed by atoms with E-state index in [-0.39, 0.29) is 29.5 Å². The molecule has 0 aromatic heterocycles. The van der Waals surface area contributed by atoms with Gasteiger partial charge in [-0.1, -0.05) is 23.7 Å². The van der Waals surface area contributed by atoms with Crippen molar-refractivity contribution in [3.63, 3.8) is 0 Å². The van der Waals surface area contributed by atoms with Crippen molar-refractivity contribution in [3.8, 4) is 5.75 Å². The van der Waals surface area contributed by atoms with Crippen LogP contribution in [0.25, 0.3) is 0 Å². The number of para-hydroxylation sites is 1. The summed E-state index contributed by atoms with van der Waals surface area (Å²) in [6.45, 7) is -0.0119. The Balaban J connectivity index is 1.84. The second-order valence-corrected chi connectivity index (χ2v) is 4.64. The van der Waals surface area contributed by atoms with Crippen molar-refractivity contribution in [1.82, 2.24) is 0 Å². The maximum atomic E-state index is 13.5. The smallest absolute Gasteiger partial charge is 0.227 e. The Bertz CT molecular complexity index is 649. The largest absolute Gasteiger partial charge is 0.490 e. The van der Waals surface area contributed by atoms with Crippen molar-refractivity contribution in [2.24, 2.45) is 0 Å². The molecule has 0 saturated heterocycles. The fraction of sp³-hybridized carbons (Fsp3) is 0.133. The van der Waals surface area contributed by atoms with Gasteiger partial charge in [0.05, 0.1) is 18.7 Å². The normalized spacial score (nSPS) is 10.2. The van der Waals surface area contributed by atoms with Gasteiger partial charge >= 0.3 is 0 Å². The van der Waals surface area contributed by atoms with Crippen molar-refractivity contribution in [2.45, 2.75) is 6.42 Å². The molecule has 21 heavy (non-hydrogen) atoms. The van der Waals surface area contributed by atoms with E-state index in [0.717, 1.165) is 6.07 Å². The number of ether oxygens (including phenoxy) is 1. The molecule has 2 aromatic carbocycles. The van der Waals surface area contributed by atoms with Crippen LogP contribution in [0.3, 0.4) is 0 Å². The van der Waals surface area contributed by atoms with Gasteiger partial charge < -0.3 is 10.1 Å². The molecule has 110 valence electrons. The number of carbonyl (C=O) groups excluding carboxylic acids is 1. The van der Waals surface area contributed by atoms with E-state index in [2.05, 4.69) is 5.32 Å². The van der Waals surface area contributed by atoms with Crippen LogP contribution in [0.15, 0.2) is 42.5 Å². The van der Waals surface area contributed by atoms with E-state index >= 15 is 0 Å². The zero-order valence-electron chi connectivity index (χ0n) is 10.9. The van der Waals surface area contributed by atoms with Crippen molar-refractivity contribution >= 4 is 23.2 Å². The van der Waals surface area contributed by atoms with Gasteiger partial charge in [0.2, 0.25) is 5.91 Å². The number of rotatable bonds is 5. The number of halogens is 3. The molecule has 0 aliphatic rings. The molecule has 0 aliphatic heterocycles. The molecule has 1 amide bonds. The maximum absolute atomic E-state index is 13.5. The first-order valence-corrected chi connectivity index (χ1v) is 6.56. The van der Waals surface area contributed by atoms with Crippen LogP contribution >= 0.6 is 11.6 Å².